The molecule has 1 fully saturated rings. The Bertz CT molecular complexity index is 849. The van der Waals surface area contributed by atoms with E-state index < -0.39 is 16.0 Å². The van der Waals surface area contributed by atoms with Gasteiger partial charge in [0.05, 0.1) is 0 Å². The zero-order valence-corrected chi connectivity index (χ0v) is 16.9. The van der Waals surface area contributed by atoms with E-state index in [1.165, 1.54) is 33.4 Å². The Morgan fingerprint density at radius 1 is 1.11 bits per heavy atom. The molecule has 0 saturated carbocycles. The van der Waals surface area contributed by atoms with E-state index in [-0.39, 0.29) is 17.1 Å². The van der Waals surface area contributed by atoms with Gasteiger partial charge in [-0.15, -0.1) is 0 Å². The van der Waals surface area contributed by atoms with Gasteiger partial charge in [-0.2, -0.15) is 17.0 Å². The van der Waals surface area contributed by atoms with Crippen molar-refractivity contribution < 1.29 is 12.8 Å². The number of nitrogens with zero attached hydrogens (tertiary/aromatic N) is 2. The first-order valence-corrected chi connectivity index (χ1v) is 10.8. The first-order chi connectivity index (χ1) is 12.9. The molecule has 1 aliphatic rings. The average Bonchev–Trinajstić information content (AvgIpc) is 2.66. The molecule has 146 valence electrons. The molecule has 0 N–H and O–H groups in total. The first-order valence-electron chi connectivity index (χ1n) is 9.06. The van der Waals surface area contributed by atoms with Crippen LogP contribution in [0.3, 0.4) is 0 Å². The van der Waals surface area contributed by atoms with E-state index in [4.69, 9.17) is 11.6 Å². The molecule has 2 aromatic carbocycles. The first kappa shape index (κ1) is 20.3. The van der Waals surface area contributed by atoms with Crippen LogP contribution < -0.4 is 0 Å². The monoisotopic (exact) mass is 410 g/mol. The third-order valence-electron chi connectivity index (χ3n) is 5.10. The Labute approximate surface area is 165 Å². The Morgan fingerprint density at radius 2 is 1.78 bits per heavy atom. The molecular formula is C20H24ClFN2O2S. The minimum atomic E-state index is -3.65. The minimum Gasteiger partial charge on any atom is -0.207 e. The summed E-state index contributed by atoms with van der Waals surface area (Å²) in [7, 11) is -2.18. The van der Waals surface area contributed by atoms with Crippen LogP contribution in [-0.2, 0) is 23.2 Å². The van der Waals surface area contributed by atoms with Crippen molar-refractivity contribution in [3.63, 3.8) is 0 Å². The van der Waals surface area contributed by atoms with E-state index in [1.807, 2.05) is 18.2 Å². The molecule has 0 aromatic heterocycles. The molecule has 3 rings (SSSR count). The number of hydrogen-bond donors (Lipinski definition) is 0. The summed E-state index contributed by atoms with van der Waals surface area (Å²) >= 11 is 6.03. The maximum Gasteiger partial charge on any atom is 0.282 e. The summed E-state index contributed by atoms with van der Waals surface area (Å²) in [6.07, 6.45) is 2.61. The summed E-state index contributed by atoms with van der Waals surface area (Å²) in [5.74, 6) is -0.0173. The van der Waals surface area contributed by atoms with Crippen LogP contribution in [0.4, 0.5) is 4.39 Å². The predicted octanol–water partition coefficient (Wildman–Crippen LogP) is 4.11. The Morgan fingerprint density at radius 3 is 2.41 bits per heavy atom. The molecule has 7 heteroatoms. The SMILES string of the molecule is CN(Cc1c(F)cccc1Cl)S(=O)(=O)N1CCC(Cc2ccccc2)CC1. The maximum absolute atomic E-state index is 14.0. The van der Waals surface area contributed by atoms with Crippen molar-refractivity contribution in [1.82, 2.24) is 8.61 Å². The highest BCUT2D eigenvalue weighted by molar-refractivity contribution is 7.86. The number of hydrogen-bond acceptors (Lipinski definition) is 2. The molecule has 27 heavy (non-hydrogen) atoms. The summed E-state index contributed by atoms with van der Waals surface area (Å²) in [5.41, 5.74) is 1.48. The Balaban J connectivity index is 1.61. The van der Waals surface area contributed by atoms with Crippen LogP contribution in [0.5, 0.6) is 0 Å². The van der Waals surface area contributed by atoms with E-state index in [1.54, 1.807) is 6.07 Å². The van der Waals surface area contributed by atoms with Crippen molar-refractivity contribution in [3.8, 4) is 0 Å². The van der Waals surface area contributed by atoms with E-state index in [0.717, 1.165) is 19.3 Å². The van der Waals surface area contributed by atoms with Gasteiger partial charge in [0.1, 0.15) is 5.82 Å². The van der Waals surface area contributed by atoms with Crippen molar-refractivity contribution in [2.24, 2.45) is 5.92 Å². The van der Waals surface area contributed by atoms with Crippen molar-refractivity contribution >= 4 is 21.8 Å². The lowest BCUT2D eigenvalue weighted by atomic mass is 9.91. The smallest absolute Gasteiger partial charge is 0.207 e. The largest absolute Gasteiger partial charge is 0.282 e. The average molecular weight is 411 g/mol. The fourth-order valence-electron chi connectivity index (χ4n) is 3.48. The third-order valence-corrected chi connectivity index (χ3v) is 7.39. The molecule has 0 unspecified atom stereocenters. The number of benzene rings is 2. The topological polar surface area (TPSA) is 40.6 Å². The van der Waals surface area contributed by atoms with E-state index in [2.05, 4.69) is 12.1 Å². The highest BCUT2D eigenvalue weighted by Crippen LogP contribution is 2.26. The van der Waals surface area contributed by atoms with Gasteiger partial charge in [-0.05, 0) is 42.9 Å². The number of rotatable bonds is 6. The lowest BCUT2D eigenvalue weighted by Crippen LogP contribution is -2.45. The van der Waals surface area contributed by atoms with Crippen LogP contribution in [0.1, 0.15) is 24.0 Å². The molecule has 0 spiro atoms. The molecule has 4 nitrogen and oxygen atoms in total. The van der Waals surface area contributed by atoms with E-state index >= 15 is 0 Å². The third kappa shape index (κ3) is 4.88. The van der Waals surface area contributed by atoms with Gasteiger partial charge in [0.25, 0.3) is 10.2 Å². The van der Waals surface area contributed by atoms with Crippen molar-refractivity contribution in [2.45, 2.75) is 25.8 Å². The standard InChI is InChI=1S/C20H24ClFN2O2S/c1-23(15-18-19(21)8-5-9-20(18)22)27(25,26)24-12-10-17(11-13-24)14-16-6-3-2-4-7-16/h2-9,17H,10-15H2,1H3. The highest BCUT2D eigenvalue weighted by Gasteiger charge is 2.31. The molecule has 0 aliphatic carbocycles. The Kier molecular flexibility index (Phi) is 6.52. The van der Waals surface area contributed by atoms with Gasteiger partial charge in [-0.3, -0.25) is 0 Å². The maximum atomic E-state index is 14.0. The second-order valence-electron chi connectivity index (χ2n) is 7.00. The van der Waals surface area contributed by atoms with Gasteiger partial charge in [0, 0.05) is 37.3 Å². The van der Waals surface area contributed by atoms with Gasteiger partial charge in [0.2, 0.25) is 0 Å². The molecule has 0 amide bonds. The zero-order chi connectivity index (χ0) is 19.4. The minimum absolute atomic E-state index is 0.0855. The van der Waals surface area contributed by atoms with Crippen molar-refractivity contribution in [1.29, 1.82) is 0 Å². The van der Waals surface area contributed by atoms with Crippen molar-refractivity contribution in [3.05, 3.63) is 70.5 Å². The lowest BCUT2D eigenvalue weighted by Gasteiger charge is -2.34. The van der Waals surface area contributed by atoms with Crippen LogP contribution in [0.2, 0.25) is 5.02 Å². The summed E-state index contributed by atoms with van der Waals surface area (Å²) in [6, 6.07) is 14.6. The molecule has 1 aliphatic heterocycles. The van der Waals surface area contributed by atoms with Crippen LogP contribution >= 0.6 is 11.6 Å². The highest BCUT2D eigenvalue weighted by atomic mass is 35.5. The second kappa shape index (κ2) is 8.69. The molecule has 0 bridgehead atoms. The van der Waals surface area contributed by atoms with Gasteiger partial charge >= 0.3 is 0 Å². The Hall–Kier alpha value is -1.47. The number of piperidine rings is 1. The normalized spacial score (nSPS) is 16.7. The molecule has 1 heterocycles. The quantitative estimate of drug-likeness (QED) is 0.719. The molecule has 0 radical (unpaired) electrons. The number of halogens is 2. The van der Waals surface area contributed by atoms with Crippen molar-refractivity contribution in [2.75, 3.05) is 20.1 Å². The van der Waals surface area contributed by atoms with Gasteiger partial charge in [-0.25, -0.2) is 4.39 Å². The fraction of sp³-hybridized carbons (Fsp3) is 0.400. The van der Waals surface area contributed by atoms with E-state index in [0.29, 0.717) is 19.0 Å². The molecular weight excluding hydrogens is 387 g/mol. The second-order valence-corrected chi connectivity index (χ2v) is 9.44. The van der Waals surface area contributed by atoms with Crippen LogP contribution in [-0.4, -0.2) is 37.2 Å². The fourth-order valence-corrected chi connectivity index (χ4v) is 5.06. The predicted molar refractivity (Wildman–Crippen MR) is 106 cm³/mol. The van der Waals surface area contributed by atoms with Crippen LogP contribution in [0.25, 0.3) is 0 Å². The molecule has 0 atom stereocenters. The van der Waals surface area contributed by atoms with Gasteiger partial charge in [-0.1, -0.05) is 48.0 Å². The molecule has 2 aromatic rings. The summed E-state index contributed by atoms with van der Waals surface area (Å²) in [6.45, 7) is 0.877. The van der Waals surface area contributed by atoms with Gasteiger partial charge in [0.15, 0.2) is 0 Å². The van der Waals surface area contributed by atoms with Crippen LogP contribution in [0, 0.1) is 11.7 Å². The molecule has 1 saturated heterocycles. The van der Waals surface area contributed by atoms with E-state index in [9.17, 15) is 12.8 Å². The summed E-state index contributed by atoms with van der Waals surface area (Å²) in [5, 5.41) is 0.235. The summed E-state index contributed by atoms with van der Waals surface area (Å²) < 4.78 is 42.4. The lowest BCUT2D eigenvalue weighted by molar-refractivity contribution is 0.257. The summed E-state index contributed by atoms with van der Waals surface area (Å²) in [4.78, 5) is 0. The van der Waals surface area contributed by atoms with Gasteiger partial charge < -0.3 is 0 Å². The van der Waals surface area contributed by atoms with Crippen LogP contribution in [0.15, 0.2) is 48.5 Å². The zero-order valence-electron chi connectivity index (χ0n) is 15.3.